The molecule has 116 valence electrons. The lowest BCUT2D eigenvalue weighted by Gasteiger charge is -2.21. The second-order valence-electron chi connectivity index (χ2n) is 5.73. The Kier molecular flexibility index (Phi) is 5.44. The Morgan fingerprint density at radius 1 is 1.48 bits per heavy atom. The molecular weight excluding hydrogens is 266 g/mol. The molecule has 2 rings (SSSR count). The van der Waals surface area contributed by atoms with E-state index in [1.807, 2.05) is 12.1 Å². The Morgan fingerprint density at radius 2 is 2.19 bits per heavy atom. The van der Waals surface area contributed by atoms with Crippen LogP contribution in [-0.2, 0) is 6.54 Å². The third-order valence-electron chi connectivity index (χ3n) is 4.41. The zero-order chi connectivity index (χ0) is 15.2. The summed E-state index contributed by atoms with van der Waals surface area (Å²) >= 11 is 0. The molecule has 4 N–H and O–H groups in total. The van der Waals surface area contributed by atoms with Crippen LogP contribution in [0.1, 0.15) is 43.7 Å². The van der Waals surface area contributed by atoms with Gasteiger partial charge in [0.1, 0.15) is 5.75 Å². The van der Waals surface area contributed by atoms with Crippen molar-refractivity contribution in [1.82, 2.24) is 5.32 Å². The van der Waals surface area contributed by atoms with Crippen LogP contribution in [0.5, 0.6) is 5.75 Å². The number of nitrogens with one attached hydrogen (secondary N) is 1. The van der Waals surface area contributed by atoms with Gasteiger partial charge in [-0.25, -0.2) is 0 Å². The van der Waals surface area contributed by atoms with E-state index in [1.54, 1.807) is 13.2 Å². The summed E-state index contributed by atoms with van der Waals surface area (Å²) in [5.74, 6) is 1.70. The fourth-order valence-electron chi connectivity index (χ4n) is 3.03. The number of benzene rings is 1. The van der Waals surface area contributed by atoms with E-state index in [-0.39, 0.29) is 5.84 Å². The lowest BCUT2D eigenvalue weighted by atomic mass is 9.99. The Labute approximate surface area is 126 Å². The fraction of sp³-hybridized carbons (Fsp3) is 0.562. The summed E-state index contributed by atoms with van der Waals surface area (Å²) in [6, 6.07) is 6.04. The first kappa shape index (κ1) is 15.6. The number of hydrogen-bond donors (Lipinski definition) is 3. The Bertz CT molecular complexity index is 496. The average molecular weight is 291 g/mol. The molecule has 1 atom stereocenters. The molecule has 5 nitrogen and oxygen atoms in total. The Morgan fingerprint density at radius 3 is 2.81 bits per heavy atom. The molecule has 5 heteroatoms. The van der Waals surface area contributed by atoms with Crippen LogP contribution in [-0.4, -0.2) is 24.2 Å². The van der Waals surface area contributed by atoms with Crippen molar-refractivity contribution >= 4 is 5.84 Å². The van der Waals surface area contributed by atoms with Crippen molar-refractivity contribution in [3.05, 3.63) is 29.3 Å². The zero-order valence-corrected chi connectivity index (χ0v) is 12.8. The first-order valence-corrected chi connectivity index (χ1v) is 7.54. The molecule has 0 aliphatic heterocycles. The minimum Gasteiger partial charge on any atom is -0.496 e. The lowest BCUT2D eigenvalue weighted by molar-refractivity contribution is 0.318. The van der Waals surface area contributed by atoms with Gasteiger partial charge in [0, 0.05) is 23.7 Å². The maximum Gasteiger partial charge on any atom is 0.170 e. The summed E-state index contributed by atoms with van der Waals surface area (Å²) < 4.78 is 5.39. The van der Waals surface area contributed by atoms with Crippen LogP contribution in [0.2, 0.25) is 0 Å². The van der Waals surface area contributed by atoms with Crippen molar-refractivity contribution in [3.8, 4) is 5.75 Å². The summed E-state index contributed by atoms with van der Waals surface area (Å²) in [5.41, 5.74) is 7.37. The van der Waals surface area contributed by atoms with E-state index in [1.165, 1.54) is 25.7 Å². The number of oxime groups is 1. The summed E-state index contributed by atoms with van der Waals surface area (Å²) in [4.78, 5) is 0. The molecule has 0 aromatic heterocycles. The molecule has 0 bridgehead atoms. The van der Waals surface area contributed by atoms with Gasteiger partial charge in [0.15, 0.2) is 5.84 Å². The molecule has 0 radical (unpaired) electrons. The number of ether oxygens (including phenoxy) is 1. The van der Waals surface area contributed by atoms with Gasteiger partial charge in [-0.3, -0.25) is 0 Å². The standard InChI is InChI=1S/C16H25N3O2/c1-11(12-5-3-4-6-12)18-10-14-9-13(16(17)19-20)7-8-15(14)21-2/h7-9,11-12,18,20H,3-6,10H2,1-2H3,(H2,17,19)/t11-/m1/s1. The third-order valence-corrected chi connectivity index (χ3v) is 4.41. The maximum absolute atomic E-state index is 8.78. The van der Waals surface area contributed by atoms with Crippen LogP contribution < -0.4 is 15.8 Å². The molecule has 1 aromatic carbocycles. The summed E-state index contributed by atoms with van der Waals surface area (Å²) in [6.07, 6.45) is 5.32. The largest absolute Gasteiger partial charge is 0.496 e. The van der Waals surface area contributed by atoms with Crippen LogP contribution in [0.3, 0.4) is 0 Å². The van der Waals surface area contributed by atoms with Crippen LogP contribution >= 0.6 is 0 Å². The molecule has 1 aliphatic carbocycles. The van der Waals surface area contributed by atoms with Crippen molar-refractivity contribution in [3.63, 3.8) is 0 Å². The first-order valence-electron chi connectivity index (χ1n) is 7.54. The topological polar surface area (TPSA) is 79.9 Å². The van der Waals surface area contributed by atoms with Gasteiger partial charge in [0.25, 0.3) is 0 Å². The van der Waals surface area contributed by atoms with E-state index < -0.39 is 0 Å². The highest BCUT2D eigenvalue weighted by atomic mass is 16.5. The lowest BCUT2D eigenvalue weighted by Crippen LogP contribution is -2.32. The molecule has 1 aliphatic rings. The number of nitrogens with two attached hydrogens (primary N) is 1. The number of rotatable bonds is 6. The molecule has 0 heterocycles. The molecule has 0 spiro atoms. The maximum atomic E-state index is 8.78. The number of amidine groups is 1. The molecule has 21 heavy (non-hydrogen) atoms. The SMILES string of the molecule is COc1ccc(/C(N)=N/O)cc1CN[C@H](C)C1CCCC1. The minimum atomic E-state index is 0.114. The molecular formula is C16H25N3O2. The van der Waals surface area contributed by atoms with Crippen LogP contribution in [0.15, 0.2) is 23.4 Å². The second kappa shape index (κ2) is 7.31. The fourth-order valence-corrected chi connectivity index (χ4v) is 3.03. The molecule has 1 saturated carbocycles. The minimum absolute atomic E-state index is 0.114. The van der Waals surface area contributed by atoms with Crippen molar-refractivity contribution in [1.29, 1.82) is 0 Å². The van der Waals surface area contributed by atoms with Gasteiger partial charge in [-0.2, -0.15) is 0 Å². The first-order chi connectivity index (χ1) is 10.2. The highest BCUT2D eigenvalue weighted by Crippen LogP contribution is 2.28. The van der Waals surface area contributed by atoms with E-state index in [4.69, 9.17) is 15.7 Å². The van der Waals surface area contributed by atoms with Crippen molar-refractivity contribution in [2.45, 2.75) is 45.2 Å². The van der Waals surface area contributed by atoms with Crippen molar-refractivity contribution in [2.75, 3.05) is 7.11 Å². The van der Waals surface area contributed by atoms with Gasteiger partial charge in [-0.05, 0) is 43.9 Å². The molecule has 0 amide bonds. The Hall–Kier alpha value is -1.75. The molecule has 0 unspecified atom stereocenters. The number of methoxy groups -OCH3 is 1. The zero-order valence-electron chi connectivity index (χ0n) is 12.8. The van der Waals surface area contributed by atoms with E-state index in [9.17, 15) is 0 Å². The summed E-state index contributed by atoms with van der Waals surface area (Å²) in [7, 11) is 1.66. The number of nitrogens with zero attached hydrogens (tertiary/aromatic N) is 1. The predicted molar refractivity (Wildman–Crippen MR) is 83.8 cm³/mol. The van der Waals surface area contributed by atoms with Crippen molar-refractivity contribution in [2.24, 2.45) is 16.8 Å². The molecule has 0 saturated heterocycles. The van der Waals surface area contributed by atoms with Gasteiger partial charge in [-0.15, -0.1) is 0 Å². The van der Waals surface area contributed by atoms with Crippen LogP contribution in [0.25, 0.3) is 0 Å². The van der Waals surface area contributed by atoms with Gasteiger partial charge >= 0.3 is 0 Å². The van der Waals surface area contributed by atoms with Gasteiger partial charge in [0.05, 0.1) is 7.11 Å². The smallest absolute Gasteiger partial charge is 0.170 e. The number of hydrogen-bond acceptors (Lipinski definition) is 4. The van der Waals surface area contributed by atoms with Crippen LogP contribution in [0.4, 0.5) is 0 Å². The van der Waals surface area contributed by atoms with Crippen molar-refractivity contribution < 1.29 is 9.94 Å². The third kappa shape index (κ3) is 3.88. The normalized spacial score (nSPS) is 17.9. The van der Waals surface area contributed by atoms with Gasteiger partial charge in [-0.1, -0.05) is 18.0 Å². The summed E-state index contributed by atoms with van der Waals surface area (Å²) in [5, 5.41) is 15.4. The van der Waals surface area contributed by atoms with E-state index >= 15 is 0 Å². The Balaban J connectivity index is 2.06. The monoisotopic (exact) mass is 291 g/mol. The molecule has 1 fully saturated rings. The van der Waals surface area contributed by atoms with Gasteiger partial charge < -0.3 is 21.0 Å². The quantitative estimate of drug-likeness (QED) is 0.325. The molecule has 1 aromatic rings. The highest BCUT2D eigenvalue weighted by Gasteiger charge is 2.21. The van der Waals surface area contributed by atoms with E-state index in [0.29, 0.717) is 18.2 Å². The predicted octanol–water partition coefficient (Wildman–Crippen LogP) is 2.46. The highest BCUT2D eigenvalue weighted by molar-refractivity contribution is 5.97. The van der Waals surface area contributed by atoms with E-state index in [2.05, 4.69) is 17.4 Å². The van der Waals surface area contributed by atoms with Crippen LogP contribution in [0, 0.1) is 5.92 Å². The van der Waals surface area contributed by atoms with E-state index in [0.717, 1.165) is 17.2 Å². The summed E-state index contributed by atoms with van der Waals surface area (Å²) in [6.45, 7) is 2.96. The van der Waals surface area contributed by atoms with Gasteiger partial charge in [0.2, 0.25) is 0 Å². The average Bonchev–Trinajstić information content (AvgIpc) is 3.06. The second-order valence-corrected chi connectivity index (χ2v) is 5.73.